The lowest BCUT2D eigenvalue weighted by atomic mass is 9.97. The fourth-order valence-corrected chi connectivity index (χ4v) is 2.18. The summed E-state index contributed by atoms with van der Waals surface area (Å²) in [5.41, 5.74) is 6.66. The number of nitrogens with two attached hydrogens (primary N) is 1. The number of carbonyl (C=O) groups excluding carboxylic acids is 1. The first-order valence-electron chi connectivity index (χ1n) is 6.34. The van der Waals surface area contributed by atoms with Crippen LogP contribution >= 0.6 is 0 Å². The zero-order valence-corrected chi connectivity index (χ0v) is 10.6. The number of nitrogens with zero attached hydrogens (tertiary/aromatic N) is 1. The van der Waals surface area contributed by atoms with Gasteiger partial charge in [0, 0.05) is 35.8 Å². The zero-order chi connectivity index (χ0) is 13.0. The van der Waals surface area contributed by atoms with Crippen LogP contribution in [0, 0.1) is 0 Å². The van der Waals surface area contributed by atoms with Crippen LogP contribution in [-0.2, 0) is 0 Å². The Hall–Kier alpha value is -1.74. The molecular formula is C15H18N2O. The SMILES string of the molecule is CCCC(N)CC(=O)c1cccc2ccncc12. The van der Waals surface area contributed by atoms with E-state index in [9.17, 15) is 4.79 Å². The van der Waals surface area contributed by atoms with E-state index in [4.69, 9.17) is 5.73 Å². The van der Waals surface area contributed by atoms with E-state index in [0.29, 0.717) is 6.42 Å². The van der Waals surface area contributed by atoms with Crippen LogP contribution in [0.5, 0.6) is 0 Å². The highest BCUT2D eigenvalue weighted by atomic mass is 16.1. The zero-order valence-electron chi connectivity index (χ0n) is 10.6. The molecule has 2 aromatic rings. The van der Waals surface area contributed by atoms with Crippen LogP contribution in [0.25, 0.3) is 10.8 Å². The second kappa shape index (κ2) is 5.74. The molecule has 3 heteroatoms. The Bertz CT molecular complexity index is 546. The summed E-state index contributed by atoms with van der Waals surface area (Å²) in [6.45, 7) is 2.08. The number of pyridine rings is 1. The molecule has 0 aliphatic carbocycles. The minimum atomic E-state index is -0.0468. The monoisotopic (exact) mass is 242 g/mol. The van der Waals surface area contributed by atoms with Gasteiger partial charge in [0.25, 0.3) is 0 Å². The third kappa shape index (κ3) is 2.74. The van der Waals surface area contributed by atoms with Gasteiger partial charge < -0.3 is 5.73 Å². The summed E-state index contributed by atoms with van der Waals surface area (Å²) in [5.74, 6) is 0.106. The van der Waals surface area contributed by atoms with Gasteiger partial charge in [-0.2, -0.15) is 0 Å². The molecular weight excluding hydrogens is 224 g/mol. The maximum Gasteiger partial charge on any atom is 0.165 e. The van der Waals surface area contributed by atoms with Gasteiger partial charge in [0.2, 0.25) is 0 Å². The Morgan fingerprint density at radius 1 is 1.39 bits per heavy atom. The van der Waals surface area contributed by atoms with E-state index in [2.05, 4.69) is 11.9 Å². The molecule has 0 bridgehead atoms. The Morgan fingerprint density at radius 2 is 2.22 bits per heavy atom. The first kappa shape index (κ1) is 12.7. The van der Waals surface area contributed by atoms with Crippen molar-refractivity contribution < 1.29 is 4.79 Å². The molecule has 1 aromatic carbocycles. The van der Waals surface area contributed by atoms with Gasteiger partial charge in [0.1, 0.15) is 0 Å². The van der Waals surface area contributed by atoms with Crippen LogP contribution in [0.4, 0.5) is 0 Å². The number of Topliss-reactive ketones (excluding diaryl/α,β-unsaturated/α-hetero) is 1. The van der Waals surface area contributed by atoms with E-state index >= 15 is 0 Å². The highest BCUT2D eigenvalue weighted by molar-refractivity contribution is 6.08. The Balaban J connectivity index is 2.28. The fourth-order valence-electron chi connectivity index (χ4n) is 2.18. The lowest BCUT2D eigenvalue weighted by molar-refractivity contribution is 0.0975. The Labute approximate surface area is 107 Å². The van der Waals surface area contributed by atoms with Gasteiger partial charge in [0.05, 0.1) is 0 Å². The number of fused-ring (bicyclic) bond motifs is 1. The predicted molar refractivity (Wildman–Crippen MR) is 73.6 cm³/mol. The lowest BCUT2D eigenvalue weighted by Gasteiger charge is -2.10. The first-order valence-corrected chi connectivity index (χ1v) is 6.34. The van der Waals surface area contributed by atoms with Gasteiger partial charge >= 0.3 is 0 Å². The molecule has 0 spiro atoms. The maximum atomic E-state index is 12.2. The quantitative estimate of drug-likeness (QED) is 0.820. The van der Waals surface area contributed by atoms with E-state index in [1.165, 1.54) is 0 Å². The number of aromatic nitrogens is 1. The third-order valence-electron chi connectivity index (χ3n) is 3.09. The molecule has 1 aromatic heterocycles. The highest BCUT2D eigenvalue weighted by Gasteiger charge is 2.13. The molecule has 94 valence electrons. The second-order valence-electron chi connectivity index (χ2n) is 4.58. The van der Waals surface area contributed by atoms with Crippen molar-refractivity contribution >= 4 is 16.6 Å². The van der Waals surface area contributed by atoms with E-state index in [1.54, 1.807) is 12.4 Å². The topological polar surface area (TPSA) is 56.0 Å². The molecule has 18 heavy (non-hydrogen) atoms. The Kier molecular flexibility index (Phi) is 4.05. The van der Waals surface area contributed by atoms with Gasteiger partial charge in [-0.25, -0.2) is 0 Å². The number of hydrogen-bond donors (Lipinski definition) is 1. The summed E-state index contributed by atoms with van der Waals surface area (Å²) < 4.78 is 0. The van der Waals surface area contributed by atoms with Crippen molar-refractivity contribution in [3.63, 3.8) is 0 Å². The summed E-state index contributed by atoms with van der Waals surface area (Å²) >= 11 is 0. The second-order valence-corrected chi connectivity index (χ2v) is 4.58. The summed E-state index contributed by atoms with van der Waals surface area (Å²) in [4.78, 5) is 16.3. The highest BCUT2D eigenvalue weighted by Crippen LogP contribution is 2.19. The van der Waals surface area contributed by atoms with Crippen molar-refractivity contribution in [2.75, 3.05) is 0 Å². The van der Waals surface area contributed by atoms with E-state index in [0.717, 1.165) is 29.2 Å². The first-order chi connectivity index (χ1) is 8.72. The molecule has 0 amide bonds. The van der Waals surface area contributed by atoms with Gasteiger partial charge in [-0.3, -0.25) is 9.78 Å². The number of ketones is 1. The Morgan fingerprint density at radius 3 is 3.00 bits per heavy atom. The number of rotatable bonds is 5. The normalized spacial score (nSPS) is 12.6. The molecule has 0 aliphatic rings. The van der Waals surface area contributed by atoms with Crippen molar-refractivity contribution in [1.82, 2.24) is 4.98 Å². The van der Waals surface area contributed by atoms with Crippen LogP contribution in [0.1, 0.15) is 36.5 Å². The van der Waals surface area contributed by atoms with Gasteiger partial charge in [-0.15, -0.1) is 0 Å². The largest absolute Gasteiger partial charge is 0.327 e. The molecule has 1 unspecified atom stereocenters. The molecule has 1 atom stereocenters. The maximum absolute atomic E-state index is 12.2. The fraction of sp³-hybridized carbons (Fsp3) is 0.333. The van der Waals surface area contributed by atoms with Crippen LogP contribution in [-0.4, -0.2) is 16.8 Å². The van der Waals surface area contributed by atoms with Crippen molar-refractivity contribution in [2.45, 2.75) is 32.2 Å². The minimum Gasteiger partial charge on any atom is -0.327 e. The van der Waals surface area contributed by atoms with Crippen LogP contribution in [0.2, 0.25) is 0 Å². The molecule has 1 heterocycles. The van der Waals surface area contributed by atoms with E-state index < -0.39 is 0 Å². The molecule has 0 aliphatic heterocycles. The molecule has 0 saturated carbocycles. The summed E-state index contributed by atoms with van der Waals surface area (Å²) in [7, 11) is 0. The summed E-state index contributed by atoms with van der Waals surface area (Å²) in [6, 6.07) is 7.61. The van der Waals surface area contributed by atoms with Crippen molar-refractivity contribution in [3.05, 3.63) is 42.2 Å². The smallest absolute Gasteiger partial charge is 0.165 e. The summed E-state index contributed by atoms with van der Waals surface area (Å²) in [5, 5.41) is 1.95. The molecule has 0 fully saturated rings. The van der Waals surface area contributed by atoms with Gasteiger partial charge in [-0.05, 0) is 17.9 Å². The van der Waals surface area contributed by atoms with Crippen molar-refractivity contribution in [3.8, 4) is 0 Å². The number of carbonyl (C=O) groups is 1. The minimum absolute atomic E-state index is 0.0468. The third-order valence-corrected chi connectivity index (χ3v) is 3.09. The molecule has 3 nitrogen and oxygen atoms in total. The average molecular weight is 242 g/mol. The number of benzene rings is 1. The van der Waals surface area contributed by atoms with Crippen molar-refractivity contribution in [2.24, 2.45) is 5.73 Å². The molecule has 2 rings (SSSR count). The average Bonchev–Trinajstić information content (AvgIpc) is 2.38. The molecule has 0 saturated heterocycles. The molecule has 2 N–H and O–H groups in total. The van der Waals surface area contributed by atoms with Crippen molar-refractivity contribution in [1.29, 1.82) is 0 Å². The van der Waals surface area contributed by atoms with Crippen LogP contribution in [0.15, 0.2) is 36.7 Å². The summed E-state index contributed by atoms with van der Waals surface area (Å²) in [6.07, 6.45) is 5.77. The number of hydrogen-bond acceptors (Lipinski definition) is 3. The predicted octanol–water partition coefficient (Wildman–Crippen LogP) is 2.94. The van der Waals surface area contributed by atoms with E-state index in [1.807, 2.05) is 24.3 Å². The van der Waals surface area contributed by atoms with E-state index in [-0.39, 0.29) is 11.8 Å². The molecule has 0 radical (unpaired) electrons. The van der Waals surface area contributed by atoms with Gasteiger partial charge in [0.15, 0.2) is 5.78 Å². The van der Waals surface area contributed by atoms with Crippen LogP contribution in [0.3, 0.4) is 0 Å². The standard InChI is InChI=1S/C15H18N2O/c1-2-4-12(16)9-15(18)13-6-3-5-11-7-8-17-10-14(11)13/h3,5-8,10,12H,2,4,9,16H2,1H3. The lowest BCUT2D eigenvalue weighted by Crippen LogP contribution is -2.23. The van der Waals surface area contributed by atoms with Crippen LogP contribution < -0.4 is 5.73 Å². The van der Waals surface area contributed by atoms with Gasteiger partial charge in [-0.1, -0.05) is 31.5 Å².